The molecular weight excluding hydrogens is 875 g/mol. The van der Waals surface area contributed by atoms with Crippen LogP contribution in [0.5, 0.6) is 0 Å². The Hall–Kier alpha value is -0.512. The van der Waals surface area contributed by atoms with Crippen molar-refractivity contribution in [2.24, 2.45) is 17.3 Å². The number of allylic oxidation sites excluding steroid dienone is 1. The molecule has 0 radical (unpaired) electrons. The number of rotatable bonds is 25. The molecule has 0 saturated heterocycles. The van der Waals surface area contributed by atoms with Crippen LogP contribution < -0.4 is 0 Å². The van der Waals surface area contributed by atoms with Crippen LogP contribution in [0, 0.1) is 24.2 Å². The van der Waals surface area contributed by atoms with E-state index in [1.807, 2.05) is 0 Å². The normalized spacial score (nSPS) is 17.4. The van der Waals surface area contributed by atoms with Crippen molar-refractivity contribution < 1.29 is 22.5 Å². The molecule has 11 heteroatoms. The molecule has 0 amide bonds. The molecule has 1 aromatic heterocycles. The van der Waals surface area contributed by atoms with Gasteiger partial charge in [0.05, 0.1) is 29.0 Å². The highest BCUT2D eigenvalue weighted by Crippen LogP contribution is 2.46. The van der Waals surface area contributed by atoms with Crippen molar-refractivity contribution in [2.45, 2.75) is 267 Å². The van der Waals surface area contributed by atoms with Gasteiger partial charge in [-0.1, -0.05) is 129 Å². The summed E-state index contributed by atoms with van der Waals surface area (Å²) in [6, 6.07) is 0. The van der Waals surface area contributed by atoms with Crippen molar-refractivity contribution in [3.63, 3.8) is 0 Å². The maximum atomic E-state index is 15.6. The predicted octanol–water partition coefficient (Wildman–Crippen LogP) is 17.6. The summed E-state index contributed by atoms with van der Waals surface area (Å²) in [5.41, 5.74) is 2.91. The van der Waals surface area contributed by atoms with Gasteiger partial charge in [0.25, 0.3) is 0 Å². The summed E-state index contributed by atoms with van der Waals surface area (Å²) >= 11 is 1.69. The highest BCUT2D eigenvalue weighted by Gasteiger charge is 2.50. The van der Waals surface area contributed by atoms with Crippen molar-refractivity contribution in [3.8, 4) is 0 Å². The van der Waals surface area contributed by atoms with Gasteiger partial charge >= 0.3 is 0 Å². The fourth-order valence-electron chi connectivity index (χ4n) is 7.15. The van der Waals surface area contributed by atoms with E-state index in [-0.39, 0.29) is 50.3 Å². The maximum Gasteiger partial charge on any atom is 0.192 e. The van der Waals surface area contributed by atoms with Crippen molar-refractivity contribution >= 4 is 56.5 Å². The largest absolute Gasteiger partial charge is 0.417 e. The molecule has 1 rings (SSSR count). The molecule has 374 valence electrons. The second kappa shape index (κ2) is 23.4. The highest BCUT2D eigenvalue weighted by atomic mass is 32.1. The molecule has 1 aromatic rings. The minimum atomic E-state index is -2.26. The summed E-state index contributed by atoms with van der Waals surface area (Å²) in [6.45, 7) is 62.4. The topological polar surface area (TPSA) is 66.9 Å². The average molecular weight is 981 g/mol. The second-order valence-corrected chi connectivity index (χ2v) is 46.4. The standard InChI is InChI=1S/C53H105NO5SSi4/c1-28-30-44(48(55)53(18,19)46(58-63(24,25)51(12,13)14)35-36-56-61(20,21)49(6,7)8)47(59-64(26,27)52(15,16)17)40(3)32-29-31-39(2)33-34-45(57-62(22,23)50(9,10)11)41(4)37-43-38-60-42(5)54-43/h33,37-38,40,44-47H,28-32,34-36H2,1-27H3/b39-33?,41-37+/t40-,44+,45-,46-,47-/m0/s1. The van der Waals surface area contributed by atoms with Crippen molar-refractivity contribution in [3.05, 3.63) is 33.3 Å². The molecule has 0 N–H and O–H groups in total. The Morgan fingerprint density at radius 3 is 1.66 bits per heavy atom. The van der Waals surface area contributed by atoms with Gasteiger partial charge in [-0.15, -0.1) is 11.3 Å². The quantitative estimate of drug-likeness (QED) is 0.0718. The molecule has 0 aliphatic rings. The number of ketones is 1. The molecule has 0 bridgehead atoms. The zero-order chi connectivity index (χ0) is 50.3. The Kier molecular flexibility index (Phi) is 22.5. The first kappa shape index (κ1) is 61.5. The molecular formula is C53H105NO5SSi4. The molecule has 6 nitrogen and oxygen atoms in total. The Morgan fingerprint density at radius 2 is 1.20 bits per heavy atom. The van der Waals surface area contributed by atoms with E-state index in [1.165, 1.54) is 11.1 Å². The lowest BCUT2D eigenvalue weighted by molar-refractivity contribution is -0.142. The summed E-state index contributed by atoms with van der Waals surface area (Å²) in [5, 5.41) is 3.47. The first-order valence-electron chi connectivity index (χ1n) is 25.0. The first-order chi connectivity index (χ1) is 28.5. The van der Waals surface area contributed by atoms with Gasteiger partial charge in [0.2, 0.25) is 0 Å². The third kappa shape index (κ3) is 17.8. The zero-order valence-corrected chi connectivity index (χ0v) is 52.0. The van der Waals surface area contributed by atoms with Crippen molar-refractivity contribution in [1.82, 2.24) is 4.98 Å². The van der Waals surface area contributed by atoms with Crippen molar-refractivity contribution in [1.29, 1.82) is 0 Å². The van der Waals surface area contributed by atoms with Gasteiger partial charge in [0, 0.05) is 23.3 Å². The first-order valence-corrected chi connectivity index (χ1v) is 37.5. The fraction of sp³-hybridized carbons (Fsp3) is 0.849. The van der Waals surface area contributed by atoms with Crippen LogP contribution in [-0.2, 0) is 22.5 Å². The van der Waals surface area contributed by atoms with Gasteiger partial charge in [0.15, 0.2) is 33.3 Å². The molecule has 0 fully saturated rings. The number of Topliss-reactive ketones (excluding diaryl/α,β-unsaturated/α-hetero) is 1. The van der Waals surface area contributed by atoms with Crippen LogP contribution >= 0.6 is 11.3 Å². The fourth-order valence-corrected chi connectivity index (χ4v) is 13.0. The molecule has 0 spiro atoms. The Balaban J connectivity index is 3.60. The monoisotopic (exact) mass is 980 g/mol. The Morgan fingerprint density at radius 1 is 0.719 bits per heavy atom. The minimum absolute atomic E-state index is 0.00590. The van der Waals surface area contributed by atoms with Crippen molar-refractivity contribution in [2.75, 3.05) is 6.61 Å². The van der Waals surface area contributed by atoms with Gasteiger partial charge < -0.3 is 17.7 Å². The summed E-state index contributed by atoms with van der Waals surface area (Å²) in [7, 11) is -8.52. The van der Waals surface area contributed by atoms with Crippen LogP contribution in [-0.4, -0.2) is 69.0 Å². The smallest absolute Gasteiger partial charge is 0.192 e. The SMILES string of the molecule is CCC[C@@H](C(=O)C(C)(C)[C@H](CCO[Si](C)(C)C(C)(C)C)O[Si](C)(C)C(C)(C)C)[C@@H](O[Si](C)(C)C(C)(C)C)[C@@H](C)CCCC(C)=CC[C@H](O[Si](C)(C)C(C)(C)C)/C(C)=C/c1csc(C)n1. The van der Waals surface area contributed by atoms with Gasteiger partial charge in [-0.3, -0.25) is 4.79 Å². The highest BCUT2D eigenvalue weighted by molar-refractivity contribution is 7.09. The van der Waals surface area contributed by atoms with Crippen LogP contribution in [0.25, 0.3) is 6.08 Å². The summed E-state index contributed by atoms with van der Waals surface area (Å²) in [5.74, 6) is 0.277. The number of hydrogen-bond acceptors (Lipinski definition) is 7. The molecule has 1 heterocycles. The van der Waals surface area contributed by atoms with Crippen LogP contribution in [0.1, 0.15) is 180 Å². The lowest BCUT2D eigenvalue weighted by Gasteiger charge is -2.47. The van der Waals surface area contributed by atoms with Crippen LogP contribution in [0.3, 0.4) is 0 Å². The predicted molar refractivity (Wildman–Crippen MR) is 293 cm³/mol. The van der Waals surface area contributed by atoms with E-state index in [2.05, 4.69) is 201 Å². The lowest BCUT2D eigenvalue weighted by atomic mass is 9.71. The van der Waals surface area contributed by atoms with E-state index in [4.69, 9.17) is 22.7 Å². The number of aryl methyl sites for hydroxylation is 1. The van der Waals surface area contributed by atoms with Crippen LogP contribution in [0.4, 0.5) is 0 Å². The van der Waals surface area contributed by atoms with Gasteiger partial charge in [-0.05, 0) is 149 Å². The van der Waals surface area contributed by atoms with E-state index in [0.29, 0.717) is 18.8 Å². The molecule has 0 aliphatic heterocycles. The average Bonchev–Trinajstić information content (AvgIpc) is 3.52. The zero-order valence-electron chi connectivity index (χ0n) is 47.2. The number of nitrogens with zero attached hydrogens (tertiary/aromatic N) is 1. The number of carbonyl (C=O) groups excluding carboxylic acids is 1. The molecule has 64 heavy (non-hydrogen) atoms. The number of hydrogen-bond donors (Lipinski definition) is 0. The minimum Gasteiger partial charge on any atom is -0.417 e. The van der Waals surface area contributed by atoms with Gasteiger partial charge in [-0.2, -0.15) is 0 Å². The lowest BCUT2D eigenvalue weighted by Crippen LogP contribution is -2.55. The molecule has 0 unspecified atom stereocenters. The summed E-state index contributed by atoms with van der Waals surface area (Å²) in [4.78, 5) is 20.3. The molecule has 0 aliphatic carbocycles. The Labute approximate surface area is 406 Å². The van der Waals surface area contributed by atoms with E-state index in [1.54, 1.807) is 11.3 Å². The number of carbonyl (C=O) groups is 1. The summed E-state index contributed by atoms with van der Waals surface area (Å²) in [6.07, 6.45) is 10.5. The van der Waals surface area contributed by atoms with Gasteiger partial charge in [-0.25, -0.2) is 4.98 Å². The second-order valence-electron chi connectivity index (χ2n) is 26.3. The Bertz CT molecular complexity index is 1670. The third-order valence-electron chi connectivity index (χ3n) is 16.1. The van der Waals surface area contributed by atoms with E-state index >= 15 is 4.79 Å². The van der Waals surface area contributed by atoms with Gasteiger partial charge in [0.1, 0.15) is 5.78 Å². The molecule has 5 atom stereocenters. The number of thiazole rings is 1. The van der Waals surface area contributed by atoms with Crippen LogP contribution in [0.15, 0.2) is 22.6 Å². The van der Waals surface area contributed by atoms with E-state index in [9.17, 15) is 0 Å². The van der Waals surface area contributed by atoms with Crippen LogP contribution in [0.2, 0.25) is 72.5 Å². The number of aromatic nitrogens is 1. The van der Waals surface area contributed by atoms with E-state index < -0.39 is 38.7 Å². The maximum absolute atomic E-state index is 15.6. The molecule has 0 aromatic carbocycles. The van der Waals surface area contributed by atoms with E-state index in [0.717, 1.165) is 49.2 Å². The molecule has 0 saturated carbocycles. The third-order valence-corrected chi connectivity index (χ3v) is 34.9. The summed E-state index contributed by atoms with van der Waals surface area (Å²) < 4.78 is 28.7.